The van der Waals surface area contributed by atoms with Crippen molar-refractivity contribution in [3.63, 3.8) is 0 Å². The lowest BCUT2D eigenvalue weighted by atomic mass is 10.1. The third kappa shape index (κ3) is 3.78. The van der Waals surface area contributed by atoms with Crippen LogP contribution in [0.3, 0.4) is 0 Å². The van der Waals surface area contributed by atoms with Gasteiger partial charge in [0.2, 0.25) is 0 Å². The Labute approximate surface area is 151 Å². The van der Waals surface area contributed by atoms with E-state index in [0.29, 0.717) is 6.42 Å². The fraction of sp³-hybridized carbons (Fsp3) is 0.438. The molecule has 0 radical (unpaired) electrons. The molecular weight excluding hydrogens is 363 g/mol. The molecule has 1 atom stereocenters. The van der Waals surface area contributed by atoms with Crippen molar-refractivity contribution >= 4 is 32.9 Å². The van der Waals surface area contributed by atoms with Crippen LogP contribution in [0.1, 0.15) is 18.9 Å². The number of hydrogen-bond donors (Lipinski definition) is 2. The Morgan fingerprint density at radius 1 is 1.48 bits per heavy atom. The van der Waals surface area contributed by atoms with Crippen molar-refractivity contribution in [1.29, 1.82) is 0 Å². The molecule has 6 nitrogen and oxygen atoms in total. The molecule has 0 bridgehead atoms. The van der Waals surface area contributed by atoms with Crippen LogP contribution in [-0.4, -0.2) is 39.6 Å². The van der Waals surface area contributed by atoms with Gasteiger partial charge in [-0.3, -0.25) is 4.72 Å². The molecule has 2 N–H and O–H groups in total. The molecule has 1 fully saturated rings. The third-order valence-electron chi connectivity index (χ3n) is 4.44. The van der Waals surface area contributed by atoms with Crippen molar-refractivity contribution in [2.45, 2.75) is 30.7 Å². The van der Waals surface area contributed by atoms with E-state index in [2.05, 4.69) is 15.0 Å². The summed E-state index contributed by atoms with van der Waals surface area (Å²) in [6, 6.07) is 3.03. The Hall–Kier alpha value is -1.71. The normalized spacial score (nSPS) is 17.6. The van der Waals surface area contributed by atoms with Crippen LogP contribution in [0.4, 0.5) is 15.9 Å². The second kappa shape index (κ2) is 7.27. The maximum absolute atomic E-state index is 14.7. The summed E-state index contributed by atoms with van der Waals surface area (Å²) in [6.07, 6.45) is 1.59. The Bertz CT molecular complexity index is 834. The van der Waals surface area contributed by atoms with Crippen LogP contribution in [0.15, 0.2) is 27.9 Å². The number of nitrogens with zero attached hydrogens (tertiary/aromatic N) is 2. The van der Waals surface area contributed by atoms with E-state index in [1.807, 2.05) is 18.9 Å². The molecule has 1 aromatic heterocycles. The molecule has 136 valence electrons. The van der Waals surface area contributed by atoms with Gasteiger partial charge in [0, 0.05) is 30.7 Å². The molecule has 3 rings (SSSR count). The third-order valence-corrected chi connectivity index (χ3v) is 6.39. The van der Waals surface area contributed by atoms with Gasteiger partial charge >= 0.3 is 0 Å². The molecule has 0 saturated carbocycles. The fourth-order valence-electron chi connectivity index (χ4n) is 3.02. The van der Waals surface area contributed by atoms with Gasteiger partial charge in [-0.25, -0.2) is 17.8 Å². The van der Waals surface area contributed by atoms with Gasteiger partial charge in [0.15, 0.2) is 5.82 Å². The van der Waals surface area contributed by atoms with Gasteiger partial charge in [-0.1, -0.05) is 6.92 Å². The number of likely N-dealkylation sites (N-methyl/N-ethyl adjacent to an activating group) is 1. The SMILES string of the molecule is CCc1cc(S(=O)(=O)Nc2cscn2)c(F)cc1N(C)C1CCNC1. The first-order chi connectivity index (χ1) is 11.9. The standard InChI is InChI=1S/C16H21FN4O2S2/c1-3-11-6-15(25(22,23)20-16-9-24-10-19-16)13(17)7-14(11)21(2)12-4-5-18-8-12/h6-7,9-10,12,18,20H,3-5,8H2,1-2H3. The summed E-state index contributed by atoms with van der Waals surface area (Å²) >= 11 is 1.26. The largest absolute Gasteiger partial charge is 0.370 e. The molecule has 2 heterocycles. The van der Waals surface area contributed by atoms with E-state index in [1.54, 1.807) is 5.38 Å². The van der Waals surface area contributed by atoms with Crippen molar-refractivity contribution in [1.82, 2.24) is 10.3 Å². The van der Waals surface area contributed by atoms with Crippen LogP contribution >= 0.6 is 11.3 Å². The molecular formula is C16H21FN4O2S2. The lowest BCUT2D eigenvalue weighted by Crippen LogP contribution is -2.34. The molecule has 0 spiro atoms. The van der Waals surface area contributed by atoms with Crippen LogP contribution in [0.5, 0.6) is 0 Å². The molecule has 2 aromatic rings. The summed E-state index contributed by atoms with van der Waals surface area (Å²) in [7, 11) is -2.10. The predicted octanol–water partition coefficient (Wildman–Crippen LogP) is 2.44. The van der Waals surface area contributed by atoms with Crippen LogP contribution in [-0.2, 0) is 16.4 Å². The molecule has 0 amide bonds. The number of aromatic nitrogens is 1. The first-order valence-corrected chi connectivity index (χ1v) is 10.5. The van der Waals surface area contributed by atoms with Gasteiger partial charge in [-0.05, 0) is 37.1 Å². The van der Waals surface area contributed by atoms with E-state index in [0.717, 1.165) is 30.8 Å². The molecule has 1 aromatic carbocycles. The first-order valence-electron chi connectivity index (χ1n) is 8.09. The predicted molar refractivity (Wildman–Crippen MR) is 98.4 cm³/mol. The number of aryl methyl sites for hydroxylation is 1. The highest BCUT2D eigenvalue weighted by atomic mass is 32.2. The number of benzene rings is 1. The topological polar surface area (TPSA) is 74.3 Å². The van der Waals surface area contributed by atoms with E-state index in [-0.39, 0.29) is 16.8 Å². The van der Waals surface area contributed by atoms with E-state index in [1.165, 1.54) is 29.0 Å². The van der Waals surface area contributed by atoms with Gasteiger partial charge in [0.05, 0.1) is 5.51 Å². The number of sulfonamides is 1. The fourth-order valence-corrected chi connectivity index (χ4v) is 4.69. The Kier molecular flexibility index (Phi) is 5.26. The number of rotatable bonds is 6. The Balaban J connectivity index is 1.96. The molecule has 1 aliphatic heterocycles. The second-order valence-corrected chi connectivity index (χ2v) is 8.37. The average Bonchev–Trinajstić information content (AvgIpc) is 3.26. The molecule has 0 aliphatic carbocycles. The Morgan fingerprint density at radius 3 is 2.88 bits per heavy atom. The second-order valence-electron chi connectivity index (χ2n) is 6.00. The van der Waals surface area contributed by atoms with E-state index >= 15 is 0 Å². The van der Waals surface area contributed by atoms with Gasteiger partial charge in [0.1, 0.15) is 10.7 Å². The van der Waals surface area contributed by atoms with Crippen molar-refractivity contribution < 1.29 is 12.8 Å². The van der Waals surface area contributed by atoms with E-state index in [4.69, 9.17) is 0 Å². The maximum atomic E-state index is 14.7. The van der Waals surface area contributed by atoms with Gasteiger partial charge in [-0.15, -0.1) is 11.3 Å². The van der Waals surface area contributed by atoms with Crippen LogP contribution in [0.2, 0.25) is 0 Å². The summed E-state index contributed by atoms with van der Waals surface area (Å²) in [5.74, 6) is -0.562. The molecule has 25 heavy (non-hydrogen) atoms. The highest BCUT2D eigenvalue weighted by Crippen LogP contribution is 2.30. The highest BCUT2D eigenvalue weighted by molar-refractivity contribution is 7.92. The van der Waals surface area contributed by atoms with Crippen molar-refractivity contribution in [2.24, 2.45) is 0 Å². The van der Waals surface area contributed by atoms with Gasteiger partial charge in [-0.2, -0.15) is 0 Å². The van der Waals surface area contributed by atoms with Gasteiger partial charge in [0.25, 0.3) is 10.0 Å². The summed E-state index contributed by atoms with van der Waals surface area (Å²) in [5, 5.41) is 4.85. The smallest absolute Gasteiger partial charge is 0.266 e. The molecule has 1 aliphatic rings. The molecule has 1 unspecified atom stereocenters. The molecule has 1 saturated heterocycles. The minimum atomic E-state index is -4.02. The van der Waals surface area contributed by atoms with Crippen molar-refractivity contribution in [3.8, 4) is 0 Å². The number of halogens is 1. The first kappa shape index (κ1) is 18.1. The number of nitrogens with one attached hydrogen (secondary N) is 2. The monoisotopic (exact) mass is 384 g/mol. The highest BCUT2D eigenvalue weighted by Gasteiger charge is 2.26. The van der Waals surface area contributed by atoms with Crippen LogP contribution < -0.4 is 14.9 Å². The quantitative estimate of drug-likeness (QED) is 0.800. The zero-order valence-corrected chi connectivity index (χ0v) is 15.8. The van der Waals surface area contributed by atoms with Crippen molar-refractivity contribution in [3.05, 3.63) is 34.4 Å². The summed E-state index contributed by atoms with van der Waals surface area (Å²) in [6.45, 7) is 3.71. The van der Waals surface area contributed by atoms with E-state index < -0.39 is 15.8 Å². The number of thiazole rings is 1. The number of anilines is 2. The summed E-state index contributed by atoms with van der Waals surface area (Å²) in [5.41, 5.74) is 3.05. The van der Waals surface area contributed by atoms with Crippen molar-refractivity contribution in [2.75, 3.05) is 29.8 Å². The minimum Gasteiger partial charge on any atom is -0.370 e. The molecule has 9 heteroatoms. The minimum absolute atomic E-state index is 0.195. The lowest BCUT2D eigenvalue weighted by Gasteiger charge is -2.28. The lowest BCUT2D eigenvalue weighted by molar-refractivity contribution is 0.568. The maximum Gasteiger partial charge on any atom is 0.266 e. The zero-order chi connectivity index (χ0) is 18.0. The number of hydrogen-bond acceptors (Lipinski definition) is 6. The zero-order valence-electron chi connectivity index (χ0n) is 14.1. The Morgan fingerprint density at radius 2 is 2.28 bits per heavy atom. The van der Waals surface area contributed by atoms with Crippen LogP contribution in [0.25, 0.3) is 0 Å². The summed E-state index contributed by atoms with van der Waals surface area (Å²) < 4.78 is 42.0. The van der Waals surface area contributed by atoms with Gasteiger partial charge < -0.3 is 10.2 Å². The van der Waals surface area contributed by atoms with Crippen LogP contribution in [0, 0.1) is 5.82 Å². The summed E-state index contributed by atoms with van der Waals surface area (Å²) in [4.78, 5) is 5.57. The average molecular weight is 385 g/mol. The van der Waals surface area contributed by atoms with E-state index in [9.17, 15) is 12.8 Å².